The van der Waals surface area contributed by atoms with E-state index in [-0.39, 0.29) is 17.9 Å². The molecule has 0 bridgehead atoms. The molecule has 0 aliphatic carbocycles. The summed E-state index contributed by atoms with van der Waals surface area (Å²) in [6, 6.07) is 15.2. The van der Waals surface area contributed by atoms with Crippen LogP contribution in [0.15, 0.2) is 66.3 Å². The molecule has 0 saturated carbocycles. The molecule has 0 aliphatic rings. The molecule has 0 fully saturated rings. The monoisotopic (exact) mass is 454 g/mol. The van der Waals surface area contributed by atoms with Crippen LogP contribution in [0.5, 0.6) is 0 Å². The predicted molar refractivity (Wildman–Crippen MR) is 127 cm³/mol. The first-order chi connectivity index (χ1) is 14.9. The first-order valence-electron chi connectivity index (χ1n) is 10.2. The Morgan fingerprint density at radius 3 is 2.55 bits per heavy atom. The summed E-state index contributed by atoms with van der Waals surface area (Å²) in [6.07, 6.45) is 1.82. The molecule has 1 amide bonds. The van der Waals surface area contributed by atoms with Crippen LogP contribution in [-0.2, 0) is 12.3 Å². The highest BCUT2D eigenvalue weighted by Gasteiger charge is 2.26. The van der Waals surface area contributed by atoms with Crippen molar-refractivity contribution in [3.8, 4) is 0 Å². The number of rotatable bonds is 9. The summed E-state index contributed by atoms with van der Waals surface area (Å²) in [5.74, 6) is 1.37. The number of thioether (sulfide) groups is 1. The second-order valence-corrected chi connectivity index (χ2v) is 9.04. The van der Waals surface area contributed by atoms with Gasteiger partial charge in [0.2, 0.25) is 0 Å². The number of benzene rings is 2. The van der Waals surface area contributed by atoms with Gasteiger partial charge in [0.25, 0.3) is 5.91 Å². The quantitative estimate of drug-likeness (QED) is 0.325. The molecule has 1 aromatic heterocycles. The van der Waals surface area contributed by atoms with E-state index in [2.05, 4.69) is 53.3 Å². The highest BCUT2D eigenvalue weighted by molar-refractivity contribution is 7.98. The van der Waals surface area contributed by atoms with E-state index in [1.807, 2.05) is 24.5 Å². The number of allylic oxidation sites excluding steroid dienone is 1. The molecule has 2 aromatic carbocycles. The van der Waals surface area contributed by atoms with Crippen molar-refractivity contribution in [2.24, 2.45) is 5.92 Å². The third-order valence-corrected chi connectivity index (χ3v) is 6.26. The van der Waals surface area contributed by atoms with Crippen LogP contribution in [-0.4, -0.2) is 20.7 Å². The third kappa shape index (κ3) is 5.77. The van der Waals surface area contributed by atoms with E-state index in [4.69, 9.17) is 11.6 Å². The summed E-state index contributed by atoms with van der Waals surface area (Å²) in [4.78, 5) is 12.9. The summed E-state index contributed by atoms with van der Waals surface area (Å²) >= 11 is 7.83. The lowest BCUT2D eigenvalue weighted by Gasteiger charge is -2.23. The maximum Gasteiger partial charge on any atom is 0.253 e. The lowest BCUT2D eigenvalue weighted by Crippen LogP contribution is -2.34. The maximum atomic E-state index is 12.9. The molecule has 0 saturated heterocycles. The second kappa shape index (κ2) is 10.6. The summed E-state index contributed by atoms with van der Waals surface area (Å²) in [6.45, 7) is 10.6. The van der Waals surface area contributed by atoms with Crippen LogP contribution in [0.25, 0.3) is 0 Å². The Balaban J connectivity index is 1.84. The average molecular weight is 455 g/mol. The fraction of sp³-hybridized carbons (Fsp3) is 0.292. The SMILES string of the molecule is C=CCn1c(SCc2ccc(C)cc2)nnc1[C@H](NC(=O)c1ccccc1Cl)C(C)C. The van der Waals surface area contributed by atoms with Gasteiger partial charge in [0.15, 0.2) is 11.0 Å². The van der Waals surface area contributed by atoms with Crippen LogP contribution in [0, 0.1) is 12.8 Å². The van der Waals surface area contributed by atoms with E-state index in [9.17, 15) is 4.79 Å². The molecule has 5 nitrogen and oxygen atoms in total. The van der Waals surface area contributed by atoms with Gasteiger partial charge in [0.05, 0.1) is 16.6 Å². The van der Waals surface area contributed by atoms with E-state index in [1.54, 1.807) is 36.0 Å². The van der Waals surface area contributed by atoms with Gasteiger partial charge in [-0.15, -0.1) is 16.8 Å². The van der Waals surface area contributed by atoms with Crippen molar-refractivity contribution in [1.29, 1.82) is 0 Å². The fourth-order valence-electron chi connectivity index (χ4n) is 3.16. The van der Waals surface area contributed by atoms with Gasteiger partial charge in [0, 0.05) is 12.3 Å². The van der Waals surface area contributed by atoms with Crippen molar-refractivity contribution < 1.29 is 4.79 Å². The van der Waals surface area contributed by atoms with Gasteiger partial charge in [0.1, 0.15) is 0 Å². The minimum atomic E-state index is -0.315. The van der Waals surface area contributed by atoms with E-state index in [1.165, 1.54) is 11.1 Å². The van der Waals surface area contributed by atoms with Crippen LogP contribution in [0.1, 0.15) is 47.2 Å². The second-order valence-electron chi connectivity index (χ2n) is 7.69. The Hall–Kier alpha value is -2.57. The Morgan fingerprint density at radius 2 is 1.90 bits per heavy atom. The molecule has 1 N–H and O–H groups in total. The zero-order valence-electron chi connectivity index (χ0n) is 18.0. The first kappa shape index (κ1) is 23.1. The number of hydrogen-bond donors (Lipinski definition) is 1. The first-order valence-corrected chi connectivity index (χ1v) is 11.5. The van der Waals surface area contributed by atoms with Crippen molar-refractivity contribution in [3.63, 3.8) is 0 Å². The summed E-state index contributed by atoms with van der Waals surface area (Å²) in [5, 5.41) is 13.2. The number of halogens is 1. The lowest BCUT2D eigenvalue weighted by molar-refractivity contribution is 0.0922. The van der Waals surface area contributed by atoms with Crippen molar-refractivity contribution >= 4 is 29.3 Å². The molecule has 0 spiro atoms. The molecule has 0 unspecified atom stereocenters. The third-order valence-electron chi connectivity index (χ3n) is 4.90. The van der Waals surface area contributed by atoms with E-state index in [0.29, 0.717) is 23.0 Å². The van der Waals surface area contributed by atoms with Gasteiger partial charge in [-0.2, -0.15) is 0 Å². The standard InChI is InChI=1S/C24H27ClN4OS/c1-5-14-29-22(27-28-24(29)31-15-18-12-10-17(4)11-13-18)21(16(2)3)26-23(30)19-8-6-7-9-20(19)25/h5-13,16,21H,1,14-15H2,2-4H3,(H,26,30)/t21-/m1/s1. The van der Waals surface area contributed by atoms with Crippen molar-refractivity contribution in [2.75, 3.05) is 0 Å². The summed E-state index contributed by atoms with van der Waals surface area (Å²) in [5.41, 5.74) is 2.90. The zero-order chi connectivity index (χ0) is 22.4. The molecule has 0 aliphatic heterocycles. The van der Waals surface area contributed by atoms with Gasteiger partial charge < -0.3 is 9.88 Å². The normalized spacial score (nSPS) is 12.0. The van der Waals surface area contributed by atoms with Gasteiger partial charge in [-0.05, 0) is 30.5 Å². The topological polar surface area (TPSA) is 59.8 Å². The van der Waals surface area contributed by atoms with E-state index >= 15 is 0 Å². The number of carbonyl (C=O) groups is 1. The molecular formula is C24H27ClN4OS. The minimum absolute atomic E-state index is 0.106. The maximum absolute atomic E-state index is 12.9. The van der Waals surface area contributed by atoms with Crippen molar-refractivity contribution in [2.45, 2.75) is 44.3 Å². The Labute approximate surface area is 192 Å². The molecule has 162 valence electrons. The van der Waals surface area contributed by atoms with Crippen LogP contribution < -0.4 is 5.32 Å². The van der Waals surface area contributed by atoms with Gasteiger partial charge >= 0.3 is 0 Å². The minimum Gasteiger partial charge on any atom is -0.342 e. The van der Waals surface area contributed by atoms with Gasteiger partial charge in [-0.25, -0.2) is 0 Å². The molecule has 1 atom stereocenters. The van der Waals surface area contributed by atoms with Crippen LogP contribution in [0.3, 0.4) is 0 Å². The lowest BCUT2D eigenvalue weighted by atomic mass is 10.0. The molecule has 7 heteroatoms. The fourth-order valence-corrected chi connectivity index (χ4v) is 4.30. The number of amides is 1. The Bertz CT molecular complexity index is 1050. The molecular weight excluding hydrogens is 428 g/mol. The summed E-state index contributed by atoms with van der Waals surface area (Å²) in [7, 11) is 0. The number of aryl methyl sites for hydroxylation is 1. The number of carbonyl (C=O) groups excluding carboxylic acids is 1. The highest BCUT2D eigenvalue weighted by Crippen LogP contribution is 2.28. The van der Waals surface area contributed by atoms with Gasteiger partial charge in [-0.3, -0.25) is 4.79 Å². The number of nitrogens with one attached hydrogen (secondary N) is 1. The van der Waals surface area contributed by atoms with E-state index < -0.39 is 0 Å². The van der Waals surface area contributed by atoms with Crippen LogP contribution >= 0.6 is 23.4 Å². The Kier molecular flexibility index (Phi) is 7.93. The van der Waals surface area contributed by atoms with Crippen molar-refractivity contribution in [1.82, 2.24) is 20.1 Å². The predicted octanol–water partition coefficient (Wildman–Crippen LogP) is 5.85. The number of nitrogens with zero attached hydrogens (tertiary/aromatic N) is 3. The van der Waals surface area contributed by atoms with Gasteiger partial charge in [-0.1, -0.05) is 85.2 Å². The largest absolute Gasteiger partial charge is 0.342 e. The molecule has 31 heavy (non-hydrogen) atoms. The number of aromatic nitrogens is 3. The molecule has 1 heterocycles. The van der Waals surface area contributed by atoms with Crippen LogP contribution in [0.2, 0.25) is 5.02 Å². The summed E-state index contributed by atoms with van der Waals surface area (Å²) < 4.78 is 2.02. The molecule has 3 aromatic rings. The smallest absolute Gasteiger partial charge is 0.253 e. The van der Waals surface area contributed by atoms with Crippen molar-refractivity contribution in [3.05, 3.63) is 88.7 Å². The molecule has 0 radical (unpaired) electrons. The molecule has 3 rings (SSSR count). The highest BCUT2D eigenvalue weighted by atomic mass is 35.5. The zero-order valence-corrected chi connectivity index (χ0v) is 19.6. The average Bonchev–Trinajstić information content (AvgIpc) is 3.14. The van der Waals surface area contributed by atoms with Crippen LogP contribution in [0.4, 0.5) is 0 Å². The van der Waals surface area contributed by atoms with E-state index in [0.717, 1.165) is 10.9 Å². The Morgan fingerprint density at radius 1 is 1.19 bits per heavy atom. The number of hydrogen-bond acceptors (Lipinski definition) is 4.